The minimum absolute atomic E-state index is 0.00261. The summed E-state index contributed by atoms with van der Waals surface area (Å²) in [5.74, 6) is 0. The van der Waals surface area contributed by atoms with Crippen molar-refractivity contribution in [3.63, 3.8) is 0 Å². The average Bonchev–Trinajstić information content (AvgIpc) is 3.20. The molecule has 0 spiro atoms. The Labute approximate surface area is 375 Å². The summed E-state index contributed by atoms with van der Waals surface area (Å²) in [5, 5.41) is 0.374. The van der Waals surface area contributed by atoms with Gasteiger partial charge in [0, 0.05) is 0 Å². The number of hydrogen-bond acceptors (Lipinski definition) is 0. The van der Waals surface area contributed by atoms with E-state index in [0.29, 0.717) is 0 Å². The summed E-state index contributed by atoms with van der Waals surface area (Å²) in [4.78, 5) is 0. The van der Waals surface area contributed by atoms with Crippen molar-refractivity contribution < 1.29 is 0 Å². The molecule has 23 heteroatoms. The van der Waals surface area contributed by atoms with Crippen LogP contribution in [-0.2, 0) is 0 Å². The van der Waals surface area contributed by atoms with E-state index < -0.39 is 0 Å². The van der Waals surface area contributed by atoms with E-state index in [0.717, 1.165) is 0 Å². The zero-order valence-corrected chi connectivity index (χ0v) is 31.4. The Kier molecular flexibility index (Phi) is 11.2. The first-order valence-corrected chi connectivity index (χ1v) is 17.2. The average molecular weight is 682 g/mol. The molecule has 7 aromatic carbocycles. The minimum atomic E-state index is -0.174. The third-order valence-corrected chi connectivity index (χ3v) is 11.3. The summed E-state index contributed by atoms with van der Waals surface area (Å²) in [7, 11) is 152. The van der Waals surface area contributed by atoms with Gasteiger partial charge in [-0.15, -0.1) is 60.1 Å². The van der Waals surface area contributed by atoms with Gasteiger partial charge in [0.25, 0.3) is 0 Å². The van der Waals surface area contributed by atoms with Crippen LogP contribution in [0.25, 0.3) is 65.7 Å². The third-order valence-electron chi connectivity index (χ3n) is 11.3. The van der Waals surface area contributed by atoms with Gasteiger partial charge in [-0.3, -0.25) is 0 Å². The van der Waals surface area contributed by atoms with E-state index in [1.807, 2.05) is 0 Å². The Morgan fingerprint density at radius 3 is 0.814 bits per heavy atom. The van der Waals surface area contributed by atoms with Crippen molar-refractivity contribution >= 4 is 338 Å². The molecule has 0 saturated heterocycles. The Bertz CT molecular complexity index is 3020. The highest BCUT2D eigenvalue weighted by Crippen LogP contribution is 2.39. The second kappa shape index (κ2) is 15.0. The molecule has 0 aliphatic heterocycles. The van der Waals surface area contributed by atoms with Crippen molar-refractivity contribution in [2.75, 3.05) is 0 Å². The molecule has 59 heavy (non-hydrogen) atoms. The standard InChI is InChI=1S/C36HB23/c37-3-1-2(15(38)28(51)16(3)39)4-7-14(27(50)29(52)18(4)41)17(40)12(24(47)19(7)42)5-8-10(22(45)32(55)30(53)20(8)43)6(11-9(5)21(44)31(54)33(56)23(11)46)13-25(48)34(57)36(59)35(58)26(13)49/h1H. The van der Waals surface area contributed by atoms with E-state index in [1.54, 1.807) is 0 Å². The highest BCUT2D eigenvalue weighted by atomic mass is 14.3. The van der Waals surface area contributed by atoms with Gasteiger partial charge in [-0.05, 0) is 65.7 Å². The molecule has 0 aromatic heterocycles. The van der Waals surface area contributed by atoms with Gasteiger partial charge in [0.2, 0.25) is 0 Å². The van der Waals surface area contributed by atoms with Crippen LogP contribution in [0.5, 0.6) is 0 Å². The van der Waals surface area contributed by atoms with E-state index in [9.17, 15) is 0 Å². The number of rotatable bonds is 3. The van der Waals surface area contributed by atoms with Gasteiger partial charge in [-0.1, -0.05) is 71.6 Å². The monoisotopic (exact) mass is 686 g/mol. The molecule has 0 nitrogen and oxygen atoms in total. The Hall–Kier alpha value is -3.19. The molecular formula is C36HB23. The summed E-state index contributed by atoms with van der Waals surface area (Å²) in [6, 6.07) is 1.45. The molecule has 0 unspecified atom stereocenters. The van der Waals surface area contributed by atoms with Crippen molar-refractivity contribution in [3.05, 3.63) is 6.07 Å². The van der Waals surface area contributed by atoms with E-state index in [1.165, 1.54) is 6.07 Å². The van der Waals surface area contributed by atoms with E-state index in [2.05, 4.69) is 0 Å². The molecule has 46 radical (unpaired) electrons. The number of hydrogen-bond donors (Lipinski definition) is 0. The maximum atomic E-state index is 7.20. The van der Waals surface area contributed by atoms with Gasteiger partial charge in [-0.2, -0.15) is 0 Å². The fourth-order valence-electron chi connectivity index (χ4n) is 7.98. The molecule has 0 heterocycles. The van der Waals surface area contributed by atoms with Gasteiger partial charge in [0.05, 0.1) is 0 Å². The van der Waals surface area contributed by atoms with Crippen LogP contribution in [-0.4, -0.2) is 180 Å². The molecule has 0 aliphatic carbocycles. The van der Waals surface area contributed by atoms with Crippen molar-refractivity contribution in [1.29, 1.82) is 0 Å². The summed E-state index contributed by atoms with van der Waals surface area (Å²) in [5.41, 5.74) is -1.90. The fraction of sp³-hybridized carbons (Fsp3) is 0. The first-order valence-electron chi connectivity index (χ1n) is 17.2. The molecule has 0 fully saturated rings. The molecule has 0 saturated carbocycles. The summed E-state index contributed by atoms with van der Waals surface area (Å²) >= 11 is 0. The van der Waals surface area contributed by atoms with Gasteiger partial charge in [0.15, 0.2) is 0 Å². The smallest absolute Gasteiger partial charge is 0.112 e. The molecule has 7 aromatic rings. The fourth-order valence-corrected chi connectivity index (χ4v) is 7.98. The van der Waals surface area contributed by atoms with Crippen LogP contribution < -0.4 is 126 Å². The zero-order chi connectivity index (χ0) is 43.9. The van der Waals surface area contributed by atoms with Crippen LogP contribution in [0.15, 0.2) is 6.07 Å². The molecule has 0 aliphatic rings. The molecule has 0 bridgehead atoms. The van der Waals surface area contributed by atoms with Crippen LogP contribution in [0.2, 0.25) is 0 Å². The first kappa shape index (κ1) is 43.9. The molecular weight excluding hydrogens is 681 g/mol. The van der Waals surface area contributed by atoms with Crippen molar-refractivity contribution in [1.82, 2.24) is 0 Å². The predicted molar refractivity (Wildman–Crippen MR) is 279 cm³/mol. The summed E-state index contributed by atoms with van der Waals surface area (Å²) in [6.07, 6.45) is 0. The lowest BCUT2D eigenvalue weighted by Crippen LogP contribution is -2.55. The Morgan fingerprint density at radius 2 is 0.407 bits per heavy atom. The molecule has 0 N–H and O–H groups in total. The highest BCUT2D eigenvalue weighted by Gasteiger charge is 2.29. The van der Waals surface area contributed by atoms with E-state index in [-0.39, 0.29) is 191 Å². The van der Waals surface area contributed by atoms with Gasteiger partial charge in [0.1, 0.15) is 180 Å². The van der Waals surface area contributed by atoms with E-state index >= 15 is 0 Å². The van der Waals surface area contributed by atoms with Gasteiger partial charge < -0.3 is 0 Å². The van der Waals surface area contributed by atoms with E-state index in [4.69, 9.17) is 180 Å². The third kappa shape index (κ3) is 5.91. The Morgan fingerprint density at radius 1 is 0.169 bits per heavy atom. The zero-order valence-electron chi connectivity index (χ0n) is 31.4. The maximum absolute atomic E-state index is 7.20. The second-order valence-electron chi connectivity index (χ2n) is 14.2. The van der Waals surface area contributed by atoms with Crippen molar-refractivity contribution in [2.24, 2.45) is 0 Å². The predicted octanol–water partition coefficient (Wildman–Crippen LogP) is -17.6. The quantitative estimate of drug-likeness (QED) is 0.129. The van der Waals surface area contributed by atoms with Crippen LogP contribution in [0.3, 0.4) is 0 Å². The molecule has 7 rings (SSSR count). The molecule has 0 amide bonds. The van der Waals surface area contributed by atoms with Crippen LogP contribution in [0, 0.1) is 0 Å². The Balaban J connectivity index is 1.87. The number of fused-ring (bicyclic) bond motifs is 3. The van der Waals surface area contributed by atoms with Crippen molar-refractivity contribution in [3.8, 4) is 33.4 Å². The highest BCUT2D eigenvalue weighted by molar-refractivity contribution is 6.76. The van der Waals surface area contributed by atoms with Crippen LogP contribution in [0.4, 0.5) is 0 Å². The lowest BCUT2D eigenvalue weighted by Gasteiger charge is -2.33. The lowest BCUT2D eigenvalue weighted by molar-refractivity contribution is 1.83. The van der Waals surface area contributed by atoms with Crippen LogP contribution in [0.1, 0.15) is 0 Å². The normalized spacial score (nSPS) is 11.6. The number of benzene rings is 7. The van der Waals surface area contributed by atoms with Gasteiger partial charge in [-0.25, -0.2) is 0 Å². The van der Waals surface area contributed by atoms with Crippen LogP contribution >= 0.6 is 0 Å². The summed E-state index contributed by atoms with van der Waals surface area (Å²) < 4.78 is 0. The lowest BCUT2D eigenvalue weighted by atomic mass is 9.55. The summed E-state index contributed by atoms with van der Waals surface area (Å²) in [6.45, 7) is 0. The largest absolute Gasteiger partial charge is 0.115 e. The molecule has 0 atom stereocenters. The molecule has 214 valence electrons. The SMILES string of the molecule is [B]c1cc(-c2c([B])c([B])c([B])c3c([B])c(-c4c5c([B])c([B])c([B])c([B])c5c(-c5c([B])c([B])c([B])c([B])c5[B])c5c([B])c([B])c([B])c([B])c45)c([B])c([B])c23)c([B])c([B])c1[B]. The second-order valence-corrected chi connectivity index (χ2v) is 14.2. The topological polar surface area (TPSA) is 0 Å². The maximum Gasteiger partial charge on any atom is 0.115 e. The van der Waals surface area contributed by atoms with Crippen molar-refractivity contribution in [2.45, 2.75) is 0 Å². The van der Waals surface area contributed by atoms with Gasteiger partial charge >= 0.3 is 0 Å². The minimum Gasteiger partial charge on any atom is -0.112 e. The first-order chi connectivity index (χ1) is 27.4.